The summed E-state index contributed by atoms with van der Waals surface area (Å²) in [6.45, 7) is 6.12. The Morgan fingerprint density at radius 3 is 2.48 bits per heavy atom. The van der Waals surface area contributed by atoms with E-state index in [0.717, 1.165) is 45.7 Å². The average molecular weight is 321 g/mol. The standard InChI is InChI=1S/C20H19NOS/c1-13-4-6-16(7-5-13)19-12-23-20(21-19)10-17-8-15(3)18(11-22)9-14(17)2/h4-9,11-12H,10H2,1-3H3. The number of hydrogen-bond donors (Lipinski definition) is 0. The maximum atomic E-state index is 11.0. The second kappa shape index (κ2) is 6.47. The Labute approximate surface area is 140 Å². The van der Waals surface area contributed by atoms with Crippen molar-refractivity contribution in [3.63, 3.8) is 0 Å². The molecule has 0 bridgehead atoms. The summed E-state index contributed by atoms with van der Waals surface area (Å²) < 4.78 is 0. The number of carbonyl (C=O) groups excluding carboxylic acids is 1. The first kappa shape index (κ1) is 15.6. The molecule has 1 heterocycles. The fourth-order valence-electron chi connectivity index (χ4n) is 2.63. The number of nitrogens with zero attached hydrogens (tertiary/aromatic N) is 1. The lowest BCUT2D eigenvalue weighted by Gasteiger charge is -2.07. The number of aromatic nitrogens is 1. The SMILES string of the molecule is Cc1ccc(-c2csc(Cc3cc(C)c(C=O)cc3C)n2)cc1. The predicted octanol–water partition coefficient (Wildman–Crippen LogP) is 5.14. The molecule has 0 saturated heterocycles. The lowest BCUT2D eigenvalue weighted by Crippen LogP contribution is -1.96. The van der Waals surface area contributed by atoms with Crippen molar-refractivity contribution >= 4 is 17.6 Å². The van der Waals surface area contributed by atoms with E-state index < -0.39 is 0 Å². The van der Waals surface area contributed by atoms with E-state index in [1.807, 2.05) is 13.0 Å². The fourth-order valence-corrected chi connectivity index (χ4v) is 3.45. The number of hydrogen-bond acceptors (Lipinski definition) is 3. The van der Waals surface area contributed by atoms with Gasteiger partial charge in [-0.25, -0.2) is 4.98 Å². The van der Waals surface area contributed by atoms with Gasteiger partial charge in [0.15, 0.2) is 0 Å². The first-order valence-electron chi connectivity index (χ1n) is 7.63. The molecule has 2 nitrogen and oxygen atoms in total. The van der Waals surface area contributed by atoms with Gasteiger partial charge in [0.2, 0.25) is 0 Å². The summed E-state index contributed by atoms with van der Waals surface area (Å²) in [6.07, 6.45) is 1.73. The maximum absolute atomic E-state index is 11.0. The second-order valence-corrected chi connectivity index (χ2v) is 6.87. The molecular formula is C20H19NOS. The van der Waals surface area contributed by atoms with Gasteiger partial charge in [-0.15, -0.1) is 11.3 Å². The normalized spacial score (nSPS) is 10.7. The van der Waals surface area contributed by atoms with Crippen molar-refractivity contribution < 1.29 is 4.79 Å². The molecule has 1 aromatic heterocycles. The molecule has 3 aromatic rings. The van der Waals surface area contributed by atoms with Crippen molar-refractivity contribution in [2.45, 2.75) is 27.2 Å². The van der Waals surface area contributed by atoms with Crippen molar-refractivity contribution in [1.82, 2.24) is 4.98 Å². The molecule has 3 rings (SSSR count). The fraction of sp³-hybridized carbons (Fsp3) is 0.200. The van der Waals surface area contributed by atoms with E-state index >= 15 is 0 Å². The van der Waals surface area contributed by atoms with Gasteiger partial charge < -0.3 is 0 Å². The molecule has 116 valence electrons. The summed E-state index contributed by atoms with van der Waals surface area (Å²) in [4.78, 5) is 15.8. The molecular weight excluding hydrogens is 302 g/mol. The zero-order valence-electron chi connectivity index (χ0n) is 13.6. The van der Waals surface area contributed by atoms with Crippen LogP contribution in [0.25, 0.3) is 11.3 Å². The monoisotopic (exact) mass is 321 g/mol. The van der Waals surface area contributed by atoms with Crippen LogP contribution in [-0.2, 0) is 6.42 Å². The van der Waals surface area contributed by atoms with E-state index in [-0.39, 0.29) is 0 Å². The molecule has 0 saturated carbocycles. The summed E-state index contributed by atoms with van der Waals surface area (Å²) in [7, 11) is 0. The van der Waals surface area contributed by atoms with Gasteiger partial charge in [-0.1, -0.05) is 35.9 Å². The van der Waals surface area contributed by atoms with Crippen LogP contribution in [0.3, 0.4) is 0 Å². The maximum Gasteiger partial charge on any atom is 0.150 e. The zero-order chi connectivity index (χ0) is 16.4. The van der Waals surface area contributed by atoms with Gasteiger partial charge >= 0.3 is 0 Å². The molecule has 0 aliphatic heterocycles. The summed E-state index contributed by atoms with van der Waals surface area (Å²) in [5.74, 6) is 0. The number of rotatable bonds is 4. The van der Waals surface area contributed by atoms with Gasteiger partial charge in [-0.2, -0.15) is 0 Å². The van der Waals surface area contributed by atoms with Crippen molar-refractivity contribution in [3.8, 4) is 11.3 Å². The lowest BCUT2D eigenvalue weighted by atomic mass is 9.99. The Bertz CT molecular complexity index is 847. The number of thiazole rings is 1. The minimum atomic E-state index is 0.769. The highest BCUT2D eigenvalue weighted by Gasteiger charge is 2.09. The minimum absolute atomic E-state index is 0.769. The molecule has 0 N–H and O–H groups in total. The average Bonchev–Trinajstić information content (AvgIpc) is 3.00. The summed E-state index contributed by atoms with van der Waals surface area (Å²) >= 11 is 1.69. The number of carbonyl (C=O) groups is 1. The van der Waals surface area contributed by atoms with E-state index in [0.29, 0.717) is 0 Å². The van der Waals surface area contributed by atoms with Crippen molar-refractivity contribution in [2.24, 2.45) is 0 Å². The first-order chi connectivity index (χ1) is 11.1. The largest absolute Gasteiger partial charge is 0.298 e. The molecule has 3 heteroatoms. The van der Waals surface area contributed by atoms with Crippen LogP contribution in [0, 0.1) is 20.8 Å². The molecule has 0 radical (unpaired) electrons. The van der Waals surface area contributed by atoms with Gasteiger partial charge in [0.25, 0.3) is 0 Å². The third-order valence-corrected chi connectivity index (χ3v) is 4.94. The number of benzene rings is 2. The van der Waals surface area contributed by atoms with Crippen LogP contribution in [0.5, 0.6) is 0 Å². The molecule has 0 amide bonds. The molecule has 0 spiro atoms. The predicted molar refractivity (Wildman–Crippen MR) is 96.4 cm³/mol. The smallest absolute Gasteiger partial charge is 0.150 e. The van der Waals surface area contributed by atoms with Crippen LogP contribution in [0.2, 0.25) is 0 Å². The molecule has 0 fully saturated rings. The lowest BCUT2D eigenvalue weighted by molar-refractivity contribution is 0.112. The molecule has 2 aromatic carbocycles. The first-order valence-corrected chi connectivity index (χ1v) is 8.51. The van der Waals surface area contributed by atoms with Crippen molar-refractivity contribution in [3.05, 3.63) is 74.6 Å². The van der Waals surface area contributed by atoms with E-state index in [9.17, 15) is 4.79 Å². The molecule has 0 aliphatic carbocycles. The third kappa shape index (κ3) is 3.40. The van der Waals surface area contributed by atoms with Crippen LogP contribution in [0.4, 0.5) is 0 Å². The highest BCUT2D eigenvalue weighted by atomic mass is 32.1. The second-order valence-electron chi connectivity index (χ2n) is 5.92. The highest BCUT2D eigenvalue weighted by molar-refractivity contribution is 7.10. The Balaban J connectivity index is 1.86. The summed E-state index contributed by atoms with van der Waals surface area (Å²) in [5.41, 5.74) is 7.61. The number of aryl methyl sites for hydroxylation is 3. The van der Waals surface area contributed by atoms with E-state index in [1.165, 1.54) is 11.1 Å². The van der Waals surface area contributed by atoms with Gasteiger partial charge in [0, 0.05) is 22.9 Å². The summed E-state index contributed by atoms with van der Waals surface area (Å²) in [6, 6.07) is 12.5. The molecule has 23 heavy (non-hydrogen) atoms. The van der Waals surface area contributed by atoms with Gasteiger partial charge in [0.1, 0.15) is 6.29 Å². The Morgan fingerprint density at radius 2 is 1.78 bits per heavy atom. The van der Waals surface area contributed by atoms with E-state index in [2.05, 4.69) is 49.6 Å². The third-order valence-electron chi connectivity index (χ3n) is 4.09. The Kier molecular flexibility index (Phi) is 4.39. The summed E-state index contributed by atoms with van der Waals surface area (Å²) in [5, 5.41) is 3.21. The number of aldehydes is 1. The van der Waals surface area contributed by atoms with Crippen LogP contribution >= 0.6 is 11.3 Å². The Hall–Kier alpha value is -2.26. The van der Waals surface area contributed by atoms with E-state index in [4.69, 9.17) is 4.98 Å². The minimum Gasteiger partial charge on any atom is -0.298 e. The van der Waals surface area contributed by atoms with E-state index in [1.54, 1.807) is 11.3 Å². The highest BCUT2D eigenvalue weighted by Crippen LogP contribution is 2.25. The molecule has 0 unspecified atom stereocenters. The van der Waals surface area contributed by atoms with Crippen LogP contribution in [0.1, 0.15) is 37.6 Å². The Morgan fingerprint density at radius 1 is 1.04 bits per heavy atom. The quantitative estimate of drug-likeness (QED) is 0.623. The molecule has 0 atom stereocenters. The molecule has 0 aliphatic rings. The van der Waals surface area contributed by atoms with Crippen LogP contribution in [-0.4, -0.2) is 11.3 Å². The van der Waals surface area contributed by atoms with Gasteiger partial charge in [-0.05, 0) is 43.5 Å². The van der Waals surface area contributed by atoms with Crippen molar-refractivity contribution in [2.75, 3.05) is 0 Å². The van der Waals surface area contributed by atoms with Crippen molar-refractivity contribution in [1.29, 1.82) is 0 Å². The van der Waals surface area contributed by atoms with Gasteiger partial charge in [-0.3, -0.25) is 4.79 Å². The van der Waals surface area contributed by atoms with Gasteiger partial charge in [0.05, 0.1) is 10.7 Å². The zero-order valence-corrected chi connectivity index (χ0v) is 14.4. The van der Waals surface area contributed by atoms with Crippen LogP contribution < -0.4 is 0 Å². The van der Waals surface area contributed by atoms with Crippen LogP contribution in [0.15, 0.2) is 41.8 Å². The topological polar surface area (TPSA) is 30.0 Å².